The van der Waals surface area contributed by atoms with Crippen molar-refractivity contribution >= 4 is 11.7 Å². The van der Waals surface area contributed by atoms with Gasteiger partial charge in [0.05, 0.1) is 5.69 Å². The molecule has 16 heavy (non-hydrogen) atoms. The van der Waals surface area contributed by atoms with Gasteiger partial charge < -0.3 is 10.7 Å². The van der Waals surface area contributed by atoms with Gasteiger partial charge in [0, 0.05) is 24.0 Å². The van der Waals surface area contributed by atoms with E-state index < -0.39 is 0 Å². The highest BCUT2D eigenvalue weighted by Gasteiger charge is 2.08. The summed E-state index contributed by atoms with van der Waals surface area (Å²) in [7, 11) is 0. The van der Waals surface area contributed by atoms with Crippen molar-refractivity contribution in [2.75, 3.05) is 5.73 Å². The Labute approximate surface area is 88.9 Å². The Morgan fingerprint density at radius 1 is 1.44 bits per heavy atom. The molecule has 0 bridgehead atoms. The molecule has 0 aliphatic heterocycles. The van der Waals surface area contributed by atoms with E-state index in [2.05, 4.69) is 20.2 Å². The Morgan fingerprint density at radius 3 is 3.06 bits per heavy atom. The first-order valence-electron chi connectivity index (χ1n) is 4.62. The second-order valence-electron chi connectivity index (χ2n) is 3.32. The van der Waals surface area contributed by atoms with Gasteiger partial charge in [-0.05, 0) is 6.07 Å². The van der Waals surface area contributed by atoms with Gasteiger partial charge in [0.15, 0.2) is 0 Å². The second kappa shape index (κ2) is 2.96. The molecule has 0 saturated carbocycles. The number of nitrogens with zero attached hydrogens (tertiary/aromatic N) is 3. The van der Waals surface area contributed by atoms with Crippen LogP contribution in [0.25, 0.3) is 17.0 Å². The lowest BCUT2D eigenvalue weighted by Gasteiger charge is -1.97. The number of fused-ring (bicyclic) bond motifs is 1. The molecule has 7 heteroatoms. The number of nitrogens with one attached hydrogen (secondary N) is 2. The molecule has 0 saturated heterocycles. The third-order valence-electron chi connectivity index (χ3n) is 2.31. The van der Waals surface area contributed by atoms with Crippen LogP contribution in [-0.4, -0.2) is 24.6 Å². The summed E-state index contributed by atoms with van der Waals surface area (Å²) in [5.41, 5.74) is 6.68. The van der Waals surface area contributed by atoms with Gasteiger partial charge in [-0.1, -0.05) is 0 Å². The van der Waals surface area contributed by atoms with Gasteiger partial charge in [-0.2, -0.15) is 0 Å². The third-order valence-corrected chi connectivity index (χ3v) is 2.31. The Balaban J connectivity index is 2.34. The zero-order chi connectivity index (χ0) is 11.1. The van der Waals surface area contributed by atoms with Crippen molar-refractivity contribution in [1.82, 2.24) is 24.6 Å². The fourth-order valence-corrected chi connectivity index (χ4v) is 1.57. The van der Waals surface area contributed by atoms with Crippen LogP contribution in [0.5, 0.6) is 0 Å². The first kappa shape index (κ1) is 8.72. The molecule has 0 fully saturated rings. The number of anilines is 1. The van der Waals surface area contributed by atoms with E-state index in [1.54, 1.807) is 12.4 Å². The SMILES string of the molecule is Nc1n[nH]c2nc(-c3cc[nH]c3)cc(=O)n12. The third kappa shape index (κ3) is 1.11. The van der Waals surface area contributed by atoms with Gasteiger partial charge in [0.2, 0.25) is 11.7 Å². The Hall–Kier alpha value is -2.57. The molecule has 3 aromatic heterocycles. The number of nitrogen functional groups attached to an aromatic ring is 1. The number of aromatic nitrogens is 5. The fraction of sp³-hybridized carbons (Fsp3) is 0. The van der Waals surface area contributed by atoms with Gasteiger partial charge in [-0.25, -0.2) is 14.5 Å². The maximum atomic E-state index is 11.7. The molecule has 0 amide bonds. The summed E-state index contributed by atoms with van der Waals surface area (Å²) in [5, 5.41) is 6.32. The average molecular weight is 216 g/mol. The van der Waals surface area contributed by atoms with Gasteiger partial charge in [0.1, 0.15) is 0 Å². The normalized spacial score (nSPS) is 11.0. The largest absolute Gasteiger partial charge is 0.368 e. The molecule has 0 aliphatic rings. The number of aromatic amines is 2. The molecular weight excluding hydrogens is 208 g/mol. The van der Waals surface area contributed by atoms with E-state index in [4.69, 9.17) is 5.73 Å². The molecule has 0 atom stereocenters. The van der Waals surface area contributed by atoms with Gasteiger partial charge >= 0.3 is 0 Å². The molecule has 0 aliphatic carbocycles. The van der Waals surface area contributed by atoms with Crippen LogP contribution in [0, 0.1) is 0 Å². The van der Waals surface area contributed by atoms with Crippen molar-refractivity contribution in [3.63, 3.8) is 0 Å². The van der Waals surface area contributed by atoms with Crippen LogP contribution in [0.2, 0.25) is 0 Å². The lowest BCUT2D eigenvalue weighted by Crippen LogP contribution is -2.15. The Kier molecular flexibility index (Phi) is 1.61. The quantitative estimate of drug-likeness (QED) is 0.532. The minimum Gasteiger partial charge on any atom is -0.368 e. The van der Waals surface area contributed by atoms with Gasteiger partial charge in [0.25, 0.3) is 5.56 Å². The first-order valence-corrected chi connectivity index (χ1v) is 4.62. The summed E-state index contributed by atoms with van der Waals surface area (Å²) in [6.45, 7) is 0. The highest BCUT2D eigenvalue weighted by atomic mass is 16.1. The monoisotopic (exact) mass is 216 g/mol. The molecule has 3 heterocycles. The van der Waals surface area contributed by atoms with Crippen LogP contribution in [0.1, 0.15) is 0 Å². The predicted molar refractivity (Wildman–Crippen MR) is 57.8 cm³/mol. The van der Waals surface area contributed by atoms with Crippen LogP contribution in [-0.2, 0) is 0 Å². The maximum absolute atomic E-state index is 11.7. The van der Waals surface area contributed by atoms with Crippen LogP contribution in [0.4, 0.5) is 5.95 Å². The minimum atomic E-state index is -0.257. The van der Waals surface area contributed by atoms with Crippen LogP contribution >= 0.6 is 0 Å². The molecule has 3 aromatic rings. The molecule has 0 aromatic carbocycles. The van der Waals surface area contributed by atoms with Crippen LogP contribution in [0.15, 0.2) is 29.3 Å². The lowest BCUT2D eigenvalue weighted by atomic mass is 10.2. The maximum Gasteiger partial charge on any atom is 0.262 e. The predicted octanol–water partition coefficient (Wildman–Crippen LogP) is -0.00510. The van der Waals surface area contributed by atoms with Crippen LogP contribution in [0.3, 0.4) is 0 Å². The first-order chi connectivity index (χ1) is 7.75. The zero-order valence-corrected chi connectivity index (χ0v) is 8.14. The summed E-state index contributed by atoms with van der Waals surface area (Å²) in [6.07, 6.45) is 3.53. The number of rotatable bonds is 1. The second-order valence-corrected chi connectivity index (χ2v) is 3.32. The molecule has 80 valence electrons. The van der Waals surface area contributed by atoms with Crippen molar-refractivity contribution in [3.8, 4) is 11.3 Å². The van der Waals surface area contributed by atoms with E-state index in [9.17, 15) is 4.79 Å². The molecule has 7 nitrogen and oxygen atoms in total. The van der Waals surface area contributed by atoms with E-state index in [0.29, 0.717) is 11.5 Å². The Morgan fingerprint density at radius 2 is 2.31 bits per heavy atom. The van der Waals surface area contributed by atoms with E-state index >= 15 is 0 Å². The molecule has 0 spiro atoms. The summed E-state index contributed by atoms with van der Waals surface area (Å²) in [4.78, 5) is 18.9. The zero-order valence-electron chi connectivity index (χ0n) is 8.14. The lowest BCUT2D eigenvalue weighted by molar-refractivity contribution is 1.07. The fourth-order valence-electron chi connectivity index (χ4n) is 1.57. The van der Waals surface area contributed by atoms with Crippen molar-refractivity contribution in [3.05, 3.63) is 34.9 Å². The molecule has 0 unspecified atom stereocenters. The van der Waals surface area contributed by atoms with Crippen molar-refractivity contribution in [2.45, 2.75) is 0 Å². The summed E-state index contributed by atoms with van der Waals surface area (Å²) >= 11 is 0. The highest BCUT2D eigenvalue weighted by Crippen LogP contribution is 2.14. The van der Waals surface area contributed by atoms with Crippen LogP contribution < -0.4 is 11.3 Å². The molecule has 3 rings (SSSR count). The van der Waals surface area contributed by atoms with E-state index in [-0.39, 0.29) is 11.5 Å². The smallest absolute Gasteiger partial charge is 0.262 e. The number of H-pyrrole nitrogens is 2. The number of hydrogen-bond donors (Lipinski definition) is 3. The molecular formula is C9H8N6O. The summed E-state index contributed by atoms with van der Waals surface area (Å²) < 4.78 is 1.22. The van der Waals surface area contributed by atoms with E-state index in [0.717, 1.165) is 5.56 Å². The van der Waals surface area contributed by atoms with E-state index in [1.807, 2.05) is 6.07 Å². The number of hydrogen-bond acceptors (Lipinski definition) is 4. The van der Waals surface area contributed by atoms with Gasteiger partial charge in [-0.15, -0.1) is 5.10 Å². The summed E-state index contributed by atoms with van der Waals surface area (Å²) in [5.74, 6) is 0.439. The van der Waals surface area contributed by atoms with Crippen molar-refractivity contribution in [2.24, 2.45) is 0 Å². The van der Waals surface area contributed by atoms with E-state index in [1.165, 1.54) is 10.5 Å². The van der Waals surface area contributed by atoms with Crippen molar-refractivity contribution < 1.29 is 0 Å². The Bertz CT molecular complexity index is 692. The number of nitrogens with two attached hydrogens (primary N) is 1. The highest BCUT2D eigenvalue weighted by molar-refractivity contribution is 5.59. The summed E-state index contributed by atoms with van der Waals surface area (Å²) in [6, 6.07) is 3.25. The topological polar surface area (TPSA) is 105 Å². The van der Waals surface area contributed by atoms with Gasteiger partial charge in [-0.3, -0.25) is 4.79 Å². The average Bonchev–Trinajstić information content (AvgIpc) is 2.87. The van der Waals surface area contributed by atoms with Crippen molar-refractivity contribution in [1.29, 1.82) is 0 Å². The standard InChI is InChI=1S/C9H8N6O/c10-8-13-14-9-12-6(3-7(16)15(8)9)5-1-2-11-4-5/h1-4,11H,(H2,10,13)(H,12,14). The molecule has 0 radical (unpaired) electrons. The molecule has 4 N–H and O–H groups in total. The minimum absolute atomic E-state index is 0.105.